The van der Waals surface area contributed by atoms with Gasteiger partial charge >= 0.3 is 0 Å². The summed E-state index contributed by atoms with van der Waals surface area (Å²) in [5, 5.41) is 9.93. The van der Waals surface area contributed by atoms with Gasteiger partial charge in [-0.05, 0) is 24.5 Å². The van der Waals surface area contributed by atoms with E-state index in [0.29, 0.717) is 0 Å². The van der Waals surface area contributed by atoms with E-state index >= 15 is 0 Å². The molecule has 0 fully saturated rings. The Morgan fingerprint density at radius 2 is 2.14 bits per heavy atom. The van der Waals surface area contributed by atoms with Gasteiger partial charge in [0.2, 0.25) is 0 Å². The fourth-order valence-corrected chi connectivity index (χ4v) is 2.01. The second-order valence-corrected chi connectivity index (χ2v) is 4.43. The monoisotopic (exact) mass is 256 g/mol. The molecule has 0 saturated carbocycles. The van der Waals surface area contributed by atoms with Gasteiger partial charge < -0.3 is 5.11 Å². The van der Waals surface area contributed by atoms with Gasteiger partial charge in [0.1, 0.15) is 0 Å². The van der Waals surface area contributed by atoms with Crippen LogP contribution >= 0.6 is 15.9 Å². The molecule has 0 aliphatic heterocycles. The number of benzene rings is 1. The van der Waals surface area contributed by atoms with E-state index in [1.807, 2.05) is 25.1 Å². The smallest absolute Gasteiger partial charge is 0.0801 e. The molecule has 1 aromatic carbocycles. The minimum Gasteiger partial charge on any atom is -0.388 e. The van der Waals surface area contributed by atoms with Crippen LogP contribution in [0.5, 0.6) is 0 Å². The number of rotatable bonds is 4. The standard InChI is InChI=1S/C12H17BrO/c1-3-4-8-11(14)10-7-5-6-9(2)12(10)13/h5-7,11,14H,3-4,8H2,1-2H3. The lowest BCUT2D eigenvalue weighted by molar-refractivity contribution is 0.163. The molecule has 0 aliphatic carbocycles. The molecular weight excluding hydrogens is 240 g/mol. The largest absolute Gasteiger partial charge is 0.388 e. The van der Waals surface area contributed by atoms with Crippen LogP contribution in [0.2, 0.25) is 0 Å². The molecule has 1 atom stereocenters. The molecule has 1 rings (SSSR count). The summed E-state index contributed by atoms with van der Waals surface area (Å²) in [7, 11) is 0. The van der Waals surface area contributed by atoms with Crippen molar-refractivity contribution in [2.75, 3.05) is 0 Å². The molecule has 0 bridgehead atoms. The Morgan fingerprint density at radius 1 is 1.43 bits per heavy atom. The Labute approximate surface area is 94.3 Å². The van der Waals surface area contributed by atoms with Crippen LogP contribution in [0.25, 0.3) is 0 Å². The molecule has 2 heteroatoms. The molecule has 0 aromatic heterocycles. The molecule has 0 spiro atoms. The van der Waals surface area contributed by atoms with Gasteiger partial charge in [0, 0.05) is 4.47 Å². The SMILES string of the molecule is CCCCC(O)c1cccc(C)c1Br. The number of hydrogen-bond donors (Lipinski definition) is 1. The predicted molar refractivity (Wildman–Crippen MR) is 63.4 cm³/mol. The van der Waals surface area contributed by atoms with E-state index in [9.17, 15) is 5.11 Å². The quantitative estimate of drug-likeness (QED) is 0.864. The summed E-state index contributed by atoms with van der Waals surface area (Å²) >= 11 is 3.51. The number of halogens is 1. The molecule has 0 amide bonds. The zero-order valence-electron chi connectivity index (χ0n) is 8.76. The molecular formula is C12H17BrO. The van der Waals surface area contributed by atoms with Crippen LogP contribution in [-0.4, -0.2) is 5.11 Å². The average Bonchev–Trinajstić information content (AvgIpc) is 2.18. The topological polar surface area (TPSA) is 20.2 Å². The number of aliphatic hydroxyl groups is 1. The third-order valence-corrected chi connectivity index (χ3v) is 3.50. The van der Waals surface area contributed by atoms with Crippen molar-refractivity contribution in [3.8, 4) is 0 Å². The number of aliphatic hydroxyl groups excluding tert-OH is 1. The molecule has 14 heavy (non-hydrogen) atoms. The van der Waals surface area contributed by atoms with E-state index in [2.05, 4.69) is 22.9 Å². The van der Waals surface area contributed by atoms with Crippen molar-refractivity contribution in [3.63, 3.8) is 0 Å². The minimum atomic E-state index is -0.329. The maximum absolute atomic E-state index is 9.93. The summed E-state index contributed by atoms with van der Waals surface area (Å²) in [6.45, 7) is 4.18. The van der Waals surface area contributed by atoms with Crippen molar-refractivity contribution >= 4 is 15.9 Å². The van der Waals surface area contributed by atoms with Crippen LogP contribution < -0.4 is 0 Å². The van der Waals surface area contributed by atoms with Crippen LogP contribution in [0, 0.1) is 6.92 Å². The second-order valence-electron chi connectivity index (χ2n) is 3.64. The van der Waals surface area contributed by atoms with Crippen molar-refractivity contribution < 1.29 is 5.11 Å². The van der Waals surface area contributed by atoms with Crippen molar-refractivity contribution in [1.29, 1.82) is 0 Å². The van der Waals surface area contributed by atoms with E-state index in [-0.39, 0.29) is 6.10 Å². The van der Waals surface area contributed by atoms with Crippen LogP contribution in [-0.2, 0) is 0 Å². The maximum atomic E-state index is 9.93. The first-order valence-electron chi connectivity index (χ1n) is 5.10. The lowest BCUT2D eigenvalue weighted by Crippen LogP contribution is -1.99. The van der Waals surface area contributed by atoms with Crippen LogP contribution in [0.1, 0.15) is 43.4 Å². The van der Waals surface area contributed by atoms with E-state index < -0.39 is 0 Å². The van der Waals surface area contributed by atoms with Gasteiger partial charge in [0.15, 0.2) is 0 Å². The van der Waals surface area contributed by atoms with Gasteiger partial charge in [-0.2, -0.15) is 0 Å². The first-order chi connectivity index (χ1) is 6.66. The van der Waals surface area contributed by atoms with Crippen molar-refractivity contribution in [2.45, 2.75) is 39.2 Å². The van der Waals surface area contributed by atoms with E-state index in [1.165, 1.54) is 5.56 Å². The molecule has 0 aliphatic rings. The van der Waals surface area contributed by atoms with Crippen molar-refractivity contribution in [3.05, 3.63) is 33.8 Å². The highest BCUT2D eigenvalue weighted by Gasteiger charge is 2.11. The van der Waals surface area contributed by atoms with E-state index in [0.717, 1.165) is 29.3 Å². The van der Waals surface area contributed by atoms with Gasteiger partial charge in [-0.1, -0.05) is 53.9 Å². The van der Waals surface area contributed by atoms with Gasteiger partial charge in [-0.15, -0.1) is 0 Å². The van der Waals surface area contributed by atoms with Crippen LogP contribution in [0.4, 0.5) is 0 Å². The Hall–Kier alpha value is -0.340. The average molecular weight is 257 g/mol. The first kappa shape index (κ1) is 11.7. The molecule has 0 radical (unpaired) electrons. The maximum Gasteiger partial charge on any atom is 0.0801 e. The van der Waals surface area contributed by atoms with E-state index in [4.69, 9.17) is 0 Å². The van der Waals surface area contributed by atoms with Crippen molar-refractivity contribution in [2.24, 2.45) is 0 Å². The Bertz CT molecular complexity index is 296. The zero-order valence-corrected chi connectivity index (χ0v) is 10.3. The second kappa shape index (κ2) is 5.52. The van der Waals surface area contributed by atoms with E-state index in [1.54, 1.807) is 0 Å². The molecule has 1 nitrogen and oxygen atoms in total. The normalized spacial score (nSPS) is 12.9. The summed E-state index contributed by atoms with van der Waals surface area (Å²) in [6, 6.07) is 6.02. The highest BCUT2D eigenvalue weighted by Crippen LogP contribution is 2.29. The lowest BCUT2D eigenvalue weighted by atomic mass is 10.0. The zero-order chi connectivity index (χ0) is 10.6. The third-order valence-electron chi connectivity index (χ3n) is 2.41. The number of aryl methyl sites for hydroxylation is 1. The molecule has 1 unspecified atom stereocenters. The number of hydrogen-bond acceptors (Lipinski definition) is 1. The van der Waals surface area contributed by atoms with Gasteiger partial charge in [-0.25, -0.2) is 0 Å². The highest BCUT2D eigenvalue weighted by molar-refractivity contribution is 9.10. The summed E-state index contributed by atoms with van der Waals surface area (Å²) in [4.78, 5) is 0. The molecule has 1 N–H and O–H groups in total. The molecule has 0 heterocycles. The fraction of sp³-hybridized carbons (Fsp3) is 0.500. The molecule has 78 valence electrons. The summed E-state index contributed by atoms with van der Waals surface area (Å²) < 4.78 is 1.05. The fourth-order valence-electron chi connectivity index (χ4n) is 1.48. The van der Waals surface area contributed by atoms with Gasteiger partial charge in [0.25, 0.3) is 0 Å². The Morgan fingerprint density at radius 3 is 2.79 bits per heavy atom. The first-order valence-corrected chi connectivity index (χ1v) is 5.89. The Balaban J connectivity index is 2.79. The number of unbranched alkanes of at least 4 members (excludes halogenated alkanes) is 1. The van der Waals surface area contributed by atoms with Crippen LogP contribution in [0.3, 0.4) is 0 Å². The minimum absolute atomic E-state index is 0.329. The summed E-state index contributed by atoms with van der Waals surface area (Å²) in [6.07, 6.45) is 2.71. The highest BCUT2D eigenvalue weighted by atomic mass is 79.9. The third kappa shape index (κ3) is 2.82. The summed E-state index contributed by atoms with van der Waals surface area (Å²) in [5.74, 6) is 0. The predicted octanol–water partition coefficient (Wildman–Crippen LogP) is 3.98. The lowest BCUT2D eigenvalue weighted by Gasteiger charge is -2.13. The molecule has 0 saturated heterocycles. The van der Waals surface area contributed by atoms with Gasteiger partial charge in [0.05, 0.1) is 6.10 Å². The molecule has 1 aromatic rings. The summed E-state index contributed by atoms with van der Waals surface area (Å²) in [5.41, 5.74) is 2.19. The van der Waals surface area contributed by atoms with Crippen LogP contribution in [0.15, 0.2) is 22.7 Å². The van der Waals surface area contributed by atoms with Gasteiger partial charge in [-0.3, -0.25) is 0 Å². The van der Waals surface area contributed by atoms with Crippen molar-refractivity contribution in [1.82, 2.24) is 0 Å². The Kier molecular flexibility index (Phi) is 4.63.